The van der Waals surface area contributed by atoms with Gasteiger partial charge in [0.2, 0.25) is 0 Å². The third-order valence-corrected chi connectivity index (χ3v) is 3.89. The maximum Gasteiger partial charge on any atom is 0.165 e. The van der Waals surface area contributed by atoms with E-state index in [9.17, 15) is 4.39 Å². The van der Waals surface area contributed by atoms with E-state index in [-0.39, 0.29) is 17.6 Å². The molecule has 0 saturated carbocycles. The predicted octanol–water partition coefficient (Wildman–Crippen LogP) is 3.46. The average Bonchev–Trinajstić information content (AvgIpc) is 2.59. The fourth-order valence-electron chi connectivity index (χ4n) is 2.54. The first-order chi connectivity index (χ1) is 11.2. The van der Waals surface area contributed by atoms with Crippen LogP contribution in [0.15, 0.2) is 36.4 Å². The third kappa shape index (κ3) is 3.56. The summed E-state index contributed by atoms with van der Waals surface area (Å²) in [7, 11) is 1.46. The lowest BCUT2D eigenvalue weighted by Gasteiger charge is -2.21. The molecule has 0 bridgehead atoms. The molecule has 23 heavy (non-hydrogen) atoms. The highest BCUT2D eigenvalue weighted by atomic mass is 19.1. The van der Waals surface area contributed by atoms with Crippen molar-refractivity contribution in [3.8, 4) is 17.2 Å². The van der Waals surface area contributed by atoms with Gasteiger partial charge in [-0.15, -0.1) is 0 Å². The van der Waals surface area contributed by atoms with Gasteiger partial charge in [0.25, 0.3) is 0 Å². The zero-order chi connectivity index (χ0) is 16.2. The molecule has 5 heteroatoms. The Hall–Kier alpha value is -2.27. The molecule has 4 nitrogen and oxygen atoms in total. The van der Waals surface area contributed by atoms with Crippen molar-refractivity contribution in [1.82, 2.24) is 5.32 Å². The van der Waals surface area contributed by atoms with E-state index in [1.165, 1.54) is 13.2 Å². The first-order valence-electron chi connectivity index (χ1n) is 7.62. The van der Waals surface area contributed by atoms with Crippen molar-refractivity contribution in [2.24, 2.45) is 0 Å². The summed E-state index contributed by atoms with van der Waals surface area (Å²) in [5.74, 6) is 1.47. The SMILES string of the molecule is COc1ccc(CNC(C)c2ccc3c(c2)OCCO3)cc1F. The van der Waals surface area contributed by atoms with Crippen LogP contribution in [-0.2, 0) is 6.54 Å². The highest BCUT2D eigenvalue weighted by Crippen LogP contribution is 2.32. The molecule has 2 aromatic carbocycles. The zero-order valence-electron chi connectivity index (χ0n) is 13.3. The molecule has 1 N–H and O–H groups in total. The third-order valence-electron chi connectivity index (χ3n) is 3.89. The molecule has 0 aliphatic carbocycles. The Kier molecular flexibility index (Phi) is 4.67. The Morgan fingerprint density at radius 3 is 2.65 bits per heavy atom. The van der Waals surface area contributed by atoms with Crippen LogP contribution < -0.4 is 19.5 Å². The van der Waals surface area contributed by atoms with Gasteiger partial charge >= 0.3 is 0 Å². The summed E-state index contributed by atoms with van der Waals surface area (Å²) in [5, 5.41) is 3.38. The van der Waals surface area contributed by atoms with Crippen LogP contribution in [0.25, 0.3) is 0 Å². The minimum absolute atomic E-state index is 0.107. The van der Waals surface area contributed by atoms with Crippen molar-refractivity contribution < 1.29 is 18.6 Å². The molecule has 0 amide bonds. The molecule has 1 unspecified atom stereocenters. The molecule has 1 heterocycles. The Bertz CT molecular complexity index is 690. The van der Waals surface area contributed by atoms with Crippen molar-refractivity contribution in [2.75, 3.05) is 20.3 Å². The number of methoxy groups -OCH3 is 1. The summed E-state index contributed by atoms with van der Waals surface area (Å²) in [5.41, 5.74) is 1.97. The molecule has 0 fully saturated rings. The Morgan fingerprint density at radius 2 is 1.91 bits per heavy atom. The fraction of sp³-hybridized carbons (Fsp3) is 0.333. The number of halogens is 1. The molecule has 1 aliphatic heterocycles. The minimum atomic E-state index is -0.348. The molecule has 0 aromatic heterocycles. The molecule has 3 rings (SSSR count). The lowest BCUT2D eigenvalue weighted by molar-refractivity contribution is 0.171. The zero-order valence-corrected chi connectivity index (χ0v) is 13.3. The molecule has 2 aromatic rings. The Labute approximate surface area is 135 Å². The smallest absolute Gasteiger partial charge is 0.165 e. The van der Waals surface area contributed by atoms with Crippen LogP contribution in [0.5, 0.6) is 17.2 Å². The van der Waals surface area contributed by atoms with Crippen LogP contribution in [0.1, 0.15) is 24.1 Å². The topological polar surface area (TPSA) is 39.7 Å². The standard InChI is InChI=1S/C18H20FNO3/c1-12(14-4-6-17-18(10-14)23-8-7-22-17)20-11-13-3-5-16(21-2)15(19)9-13/h3-6,9-10,12,20H,7-8,11H2,1-2H3. The number of ether oxygens (including phenoxy) is 3. The lowest BCUT2D eigenvalue weighted by Crippen LogP contribution is -2.19. The lowest BCUT2D eigenvalue weighted by atomic mass is 10.1. The summed E-state index contributed by atoms with van der Waals surface area (Å²) < 4.78 is 29.8. The van der Waals surface area contributed by atoms with E-state index in [0.717, 1.165) is 22.6 Å². The number of rotatable bonds is 5. The second kappa shape index (κ2) is 6.87. The summed E-state index contributed by atoms with van der Waals surface area (Å²) >= 11 is 0. The number of hydrogen-bond acceptors (Lipinski definition) is 4. The second-order valence-corrected chi connectivity index (χ2v) is 5.47. The van der Waals surface area contributed by atoms with Crippen LogP contribution in [0.3, 0.4) is 0 Å². The Balaban J connectivity index is 1.65. The van der Waals surface area contributed by atoms with Crippen LogP contribution in [0.4, 0.5) is 4.39 Å². The van der Waals surface area contributed by atoms with Crippen LogP contribution >= 0.6 is 0 Å². The number of nitrogens with one attached hydrogen (secondary N) is 1. The van der Waals surface area contributed by atoms with Gasteiger partial charge in [0.05, 0.1) is 7.11 Å². The highest BCUT2D eigenvalue weighted by Gasteiger charge is 2.14. The predicted molar refractivity (Wildman–Crippen MR) is 85.6 cm³/mol. The molecule has 0 saturated heterocycles. The van der Waals surface area contributed by atoms with E-state index in [2.05, 4.69) is 12.2 Å². The summed E-state index contributed by atoms with van der Waals surface area (Å²) in [6.07, 6.45) is 0. The van der Waals surface area contributed by atoms with Crippen molar-refractivity contribution in [3.63, 3.8) is 0 Å². The first kappa shape index (κ1) is 15.6. The van der Waals surface area contributed by atoms with E-state index in [4.69, 9.17) is 14.2 Å². The average molecular weight is 317 g/mol. The van der Waals surface area contributed by atoms with Crippen LogP contribution in [0.2, 0.25) is 0 Å². The molecular weight excluding hydrogens is 297 g/mol. The van der Waals surface area contributed by atoms with Gasteiger partial charge < -0.3 is 19.5 Å². The summed E-state index contributed by atoms with van der Waals surface area (Å²) in [4.78, 5) is 0. The van der Waals surface area contributed by atoms with E-state index in [1.807, 2.05) is 24.3 Å². The van der Waals surface area contributed by atoms with Crippen LogP contribution in [-0.4, -0.2) is 20.3 Å². The first-order valence-corrected chi connectivity index (χ1v) is 7.62. The largest absolute Gasteiger partial charge is 0.494 e. The van der Waals surface area contributed by atoms with Gasteiger partial charge in [-0.3, -0.25) is 0 Å². The molecule has 0 radical (unpaired) electrons. The summed E-state index contributed by atoms with van der Waals surface area (Å²) in [6, 6.07) is 11.0. The second-order valence-electron chi connectivity index (χ2n) is 5.47. The molecular formula is C18H20FNO3. The normalized spacial score (nSPS) is 14.4. The maximum atomic E-state index is 13.7. The van der Waals surface area contributed by atoms with Gasteiger partial charge in [-0.25, -0.2) is 4.39 Å². The Morgan fingerprint density at radius 1 is 1.13 bits per heavy atom. The summed E-state index contributed by atoms with van der Waals surface area (Å²) in [6.45, 7) is 3.79. The van der Waals surface area contributed by atoms with Gasteiger partial charge in [0.1, 0.15) is 13.2 Å². The van der Waals surface area contributed by atoms with Crippen molar-refractivity contribution in [3.05, 3.63) is 53.3 Å². The van der Waals surface area contributed by atoms with Gasteiger partial charge in [-0.1, -0.05) is 12.1 Å². The van der Waals surface area contributed by atoms with Gasteiger partial charge in [0, 0.05) is 12.6 Å². The molecule has 1 atom stereocenters. The van der Waals surface area contributed by atoms with Gasteiger partial charge in [0.15, 0.2) is 23.1 Å². The van der Waals surface area contributed by atoms with E-state index in [1.54, 1.807) is 6.07 Å². The minimum Gasteiger partial charge on any atom is -0.494 e. The quantitative estimate of drug-likeness (QED) is 0.917. The van der Waals surface area contributed by atoms with E-state index >= 15 is 0 Å². The monoisotopic (exact) mass is 317 g/mol. The van der Waals surface area contributed by atoms with Gasteiger partial charge in [-0.05, 0) is 42.3 Å². The van der Waals surface area contributed by atoms with Gasteiger partial charge in [-0.2, -0.15) is 0 Å². The van der Waals surface area contributed by atoms with E-state index in [0.29, 0.717) is 19.8 Å². The molecule has 1 aliphatic rings. The van der Waals surface area contributed by atoms with Crippen LogP contribution in [0, 0.1) is 5.82 Å². The number of hydrogen-bond donors (Lipinski definition) is 1. The number of fused-ring (bicyclic) bond motifs is 1. The van der Waals surface area contributed by atoms with Crippen molar-refractivity contribution in [1.29, 1.82) is 0 Å². The molecule has 122 valence electrons. The van der Waals surface area contributed by atoms with Crippen molar-refractivity contribution in [2.45, 2.75) is 19.5 Å². The van der Waals surface area contributed by atoms with Crippen molar-refractivity contribution >= 4 is 0 Å². The highest BCUT2D eigenvalue weighted by molar-refractivity contribution is 5.44. The van der Waals surface area contributed by atoms with E-state index < -0.39 is 0 Å². The maximum absolute atomic E-state index is 13.7. The number of benzene rings is 2. The fourth-order valence-corrected chi connectivity index (χ4v) is 2.54. The molecule has 0 spiro atoms.